The fraction of sp³-hybridized carbons (Fsp3) is 0.481. The predicted octanol–water partition coefficient (Wildman–Crippen LogP) is 4.50. The number of rotatable bonds is 9. The molecule has 2 aromatic carbocycles. The van der Waals surface area contributed by atoms with Crippen molar-refractivity contribution in [3.05, 3.63) is 71.3 Å². The van der Waals surface area contributed by atoms with Crippen molar-refractivity contribution >= 4 is 23.6 Å². The van der Waals surface area contributed by atoms with Crippen LogP contribution in [0.3, 0.4) is 0 Å². The van der Waals surface area contributed by atoms with E-state index < -0.39 is 0 Å². The van der Waals surface area contributed by atoms with Crippen LogP contribution < -0.4 is 5.32 Å². The van der Waals surface area contributed by atoms with Gasteiger partial charge in [0.1, 0.15) is 5.37 Å². The molecule has 4 rings (SSSR count). The molecule has 0 saturated carbocycles. The summed E-state index contributed by atoms with van der Waals surface area (Å²) in [6.45, 7) is 4.86. The first-order chi connectivity index (χ1) is 16.2. The first kappa shape index (κ1) is 23.8. The van der Waals surface area contributed by atoms with E-state index in [4.69, 9.17) is 0 Å². The SMILES string of the molecule is O=C(NCCCN1CCCCCC1)c1ccc([C@H]2SCC(=O)N2CCc2ccccc2)cc1. The van der Waals surface area contributed by atoms with E-state index >= 15 is 0 Å². The predicted molar refractivity (Wildman–Crippen MR) is 135 cm³/mol. The summed E-state index contributed by atoms with van der Waals surface area (Å²) in [4.78, 5) is 29.5. The molecule has 0 radical (unpaired) electrons. The molecule has 2 aliphatic rings. The monoisotopic (exact) mass is 465 g/mol. The smallest absolute Gasteiger partial charge is 0.251 e. The first-order valence-corrected chi connectivity index (χ1v) is 13.3. The number of thioether (sulfide) groups is 1. The lowest BCUT2D eigenvalue weighted by atomic mass is 10.1. The van der Waals surface area contributed by atoms with E-state index in [9.17, 15) is 9.59 Å². The molecule has 2 aromatic rings. The van der Waals surface area contributed by atoms with Gasteiger partial charge in [0.15, 0.2) is 0 Å². The molecule has 0 aromatic heterocycles. The Bertz CT molecular complexity index is 895. The maximum Gasteiger partial charge on any atom is 0.251 e. The molecule has 5 nitrogen and oxygen atoms in total. The number of carbonyl (C=O) groups excluding carboxylic acids is 2. The van der Waals surface area contributed by atoms with Crippen molar-refractivity contribution in [1.29, 1.82) is 0 Å². The summed E-state index contributed by atoms with van der Waals surface area (Å²) in [6, 6.07) is 18.1. The standard InChI is InChI=1S/C27H35N3O2S/c31-25-21-33-27(30(25)20-15-22-9-4-3-5-10-22)24-13-11-23(12-14-24)26(32)28-16-8-19-29-17-6-1-2-7-18-29/h3-5,9-14,27H,1-2,6-8,15-21H2,(H,28,32)/t27-/m1/s1. The van der Waals surface area contributed by atoms with Gasteiger partial charge in [-0.05, 0) is 68.6 Å². The maximum absolute atomic E-state index is 12.6. The number of amides is 2. The van der Waals surface area contributed by atoms with Crippen LogP contribution in [0.2, 0.25) is 0 Å². The van der Waals surface area contributed by atoms with Crippen LogP contribution in [0, 0.1) is 0 Å². The highest BCUT2D eigenvalue weighted by Crippen LogP contribution is 2.38. The topological polar surface area (TPSA) is 52.7 Å². The molecule has 0 aliphatic carbocycles. The van der Waals surface area contributed by atoms with E-state index in [0.717, 1.165) is 24.9 Å². The van der Waals surface area contributed by atoms with Crippen LogP contribution in [0.4, 0.5) is 0 Å². The lowest BCUT2D eigenvalue weighted by Gasteiger charge is -2.24. The van der Waals surface area contributed by atoms with Crippen molar-refractivity contribution in [2.45, 2.75) is 43.9 Å². The number of carbonyl (C=O) groups is 2. The summed E-state index contributed by atoms with van der Waals surface area (Å²) in [5.41, 5.74) is 3.00. The van der Waals surface area contributed by atoms with E-state index in [2.05, 4.69) is 22.3 Å². The number of hydrogen-bond donors (Lipinski definition) is 1. The summed E-state index contributed by atoms with van der Waals surface area (Å²) in [7, 11) is 0. The van der Waals surface area contributed by atoms with Gasteiger partial charge in [-0.1, -0.05) is 55.3 Å². The maximum atomic E-state index is 12.6. The molecule has 2 heterocycles. The van der Waals surface area contributed by atoms with Crippen molar-refractivity contribution in [1.82, 2.24) is 15.1 Å². The number of hydrogen-bond acceptors (Lipinski definition) is 4. The Labute approximate surface area is 201 Å². The molecule has 2 amide bonds. The summed E-state index contributed by atoms with van der Waals surface area (Å²) in [5, 5.41) is 3.08. The Morgan fingerprint density at radius 2 is 1.67 bits per heavy atom. The minimum absolute atomic E-state index is 0.0199. The molecule has 0 unspecified atom stereocenters. The third-order valence-corrected chi connectivity index (χ3v) is 7.80. The van der Waals surface area contributed by atoms with Crippen LogP contribution in [0.5, 0.6) is 0 Å². The molecule has 2 fully saturated rings. The highest BCUT2D eigenvalue weighted by molar-refractivity contribution is 8.00. The van der Waals surface area contributed by atoms with E-state index in [1.165, 1.54) is 44.3 Å². The minimum Gasteiger partial charge on any atom is -0.352 e. The van der Waals surface area contributed by atoms with Gasteiger partial charge in [0, 0.05) is 18.7 Å². The largest absolute Gasteiger partial charge is 0.352 e. The Morgan fingerprint density at radius 3 is 2.39 bits per heavy atom. The van der Waals surface area contributed by atoms with Gasteiger partial charge >= 0.3 is 0 Å². The van der Waals surface area contributed by atoms with Gasteiger partial charge in [-0.3, -0.25) is 9.59 Å². The normalized spacial score (nSPS) is 19.5. The van der Waals surface area contributed by atoms with Crippen molar-refractivity contribution in [3.63, 3.8) is 0 Å². The highest BCUT2D eigenvalue weighted by atomic mass is 32.2. The quantitative estimate of drug-likeness (QED) is 0.554. The molecule has 6 heteroatoms. The molecule has 33 heavy (non-hydrogen) atoms. The summed E-state index contributed by atoms with van der Waals surface area (Å²) in [6.07, 6.45) is 7.13. The average Bonchev–Trinajstić information content (AvgIpc) is 3.04. The molecule has 0 bridgehead atoms. The first-order valence-electron chi connectivity index (χ1n) is 12.3. The zero-order valence-corrected chi connectivity index (χ0v) is 20.2. The number of nitrogens with one attached hydrogen (secondary N) is 1. The van der Waals surface area contributed by atoms with E-state index in [1.807, 2.05) is 47.4 Å². The van der Waals surface area contributed by atoms with Gasteiger partial charge in [-0.25, -0.2) is 0 Å². The van der Waals surface area contributed by atoms with Crippen molar-refractivity contribution in [2.24, 2.45) is 0 Å². The molecule has 1 N–H and O–H groups in total. The van der Waals surface area contributed by atoms with Crippen LogP contribution >= 0.6 is 11.8 Å². The second kappa shape index (κ2) is 12.2. The zero-order chi connectivity index (χ0) is 22.9. The van der Waals surface area contributed by atoms with Gasteiger partial charge < -0.3 is 15.1 Å². The van der Waals surface area contributed by atoms with Gasteiger partial charge in [0.05, 0.1) is 5.75 Å². The summed E-state index contributed by atoms with van der Waals surface area (Å²) < 4.78 is 0. The van der Waals surface area contributed by atoms with E-state index in [1.54, 1.807) is 11.8 Å². The average molecular weight is 466 g/mol. The van der Waals surface area contributed by atoms with Gasteiger partial charge in [-0.15, -0.1) is 11.8 Å². The second-order valence-electron chi connectivity index (χ2n) is 8.97. The highest BCUT2D eigenvalue weighted by Gasteiger charge is 2.32. The van der Waals surface area contributed by atoms with Crippen LogP contribution in [-0.2, 0) is 11.2 Å². The van der Waals surface area contributed by atoms with Crippen LogP contribution in [0.1, 0.15) is 59.0 Å². The Kier molecular flexibility index (Phi) is 8.84. The molecular weight excluding hydrogens is 430 g/mol. The van der Waals surface area contributed by atoms with Crippen molar-refractivity contribution < 1.29 is 9.59 Å². The van der Waals surface area contributed by atoms with Gasteiger partial charge in [0.2, 0.25) is 5.91 Å². The molecule has 2 aliphatic heterocycles. The fourth-order valence-corrected chi connectivity index (χ4v) is 5.85. The fourth-order valence-electron chi connectivity index (χ4n) is 4.63. The minimum atomic E-state index is -0.0199. The molecule has 176 valence electrons. The van der Waals surface area contributed by atoms with Gasteiger partial charge in [0.25, 0.3) is 5.91 Å². The lowest BCUT2D eigenvalue weighted by Crippen LogP contribution is -2.31. The third-order valence-electron chi connectivity index (χ3n) is 6.55. The van der Waals surface area contributed by atoms with Crippen molar-refractivity contribution in [2.75, 3.05) is 38.5 Å². The van der Waals surface area contributed by atoms with E-state index in [-0.39, 0.29) is 17.2 Å². The molecule has 2 saturated heterocycles. The summed E-state index contributed by atoms with van der Waals surface area (Å²) >= 11 is 1.66. The van der Waals surface area contributed by atoms with E-state index in [0.29, 0.717) is 24.4 Å². The Hall–Kier alpha value is -2.31. The number of benzene rings is 2. The van der Waals surface area contributed by atoms with Crippen LogP contribution in [0.15, 0.2) is 54.6 Å². The Morgan fingerprint density at radius 1 is 0.939 bits per heavy atom. The molecule has 1 atom stereocenters. The second-order valence-corrected chi connectivity index (χ2v) is 10.0. The zero-order valence-electron chi connectivity index (χ0n) is 19.4. The molecule has 0 spiro atoms. The third kappa shape index (κ3) is 6.84. The van der Waals surface area contributed by atoms with Crippen LogP contribution in [-0.4, -0.2) is 60.1 Å². The number of nitrogens with zero attached hydrogens (tertiary/aromatic N) is 2. The van der Waals surface area contributed by atoms with Crippen molar-refractivity contribution in [3.8, 4) is 0 Å². The summed E-state index contributed by atoms with van der Waals surface area (Å²) in [5.74, 6) is 0.680. The Balaban J connectivity index is 1.25. The van der Waals surface area contributed by atoms with Gasteiger partial charge in [-0.2, -0.15) is 0 Å². The lowest BCUT2D eigenvalue weighted by molar-refractivity contribution is -0.128. The number of likely N-dealkylation sites (tertiary alicyclic amines) is 1. The molecular formula is C27H35N3O2S. The van der Waals surface area contributed by atoms with Crippen LogP contribution in [0.25, 0.3) is 0 Å².